The molecule has 154 valence electrons. The summed E-state index contributed by atoms with van der Waals surface area (Å²) in [5.41, 5.74) is 1.91. The highest BCUT2D eigenvalue weighted by Gasteiger charge is 2.20. The summed E-state index contributed by atoms with van der Waals surface area (Å²) in [6.45, 7) is 0. The zero-order chi connectivity index (χ0) is 21.7. The first-order valence-corrected chi connectivity index (χ1v) is 9.90. The molecular formula is C23H21BrN2O4. The van der Waals surface area contributed by atoms with Crippen LogP contribution >= 0.6 is 15.9 Å². The Labute approximate surface area is 183 Å². The third-order valence-electron chi connectivity index (χ3n) is 4.58. The van der Waals surface area contributed by atoms with E-state index < -0.39 is 0 Å². The summed E-state index contributed by atoms with van der Waals surface area (Å²) in [5.74, 6) is 0.509. The van der Waals surface area contributed by atoms with Crippen LogP contribution in [0, 0.1) is 0 Å². The lowest BCUT2D eigenvalue weighted by Gasteiger charge is -2.21. The van der Waals surface area contributed by atoms with Gasteiger partial charge in [0.05, 0.1) is 31.0 Å². The molecule has 0 spiro atoms. The van der Waals surface area contributed by atoms with Gasteiger partial charge in [-0.1, -0.05) is 24.3 Å². The van der Waals surface area contributed by atoms with E-state index in [1.54, 1.807) is 74.8 Å². The normalized spacial score (nSPS) is 10.3. The molecule has 0 aromatic heterocycles. The molecule has 0 heterocycles. The van der Waals surface area contributed by atoms with Gasteiger partial charge in [0.25, 0.3) is 11.8 Å². The fraction of sp³-hybridized carbons (Fsp3) is 0.130. The molecule has 3 aromatic carbocycles. The van der Waals surface area contributed by atoms with Gasteiger partial charge in [-0.3, -0.25) is 9.59 Å². The van der Waals surface area contributed by atoms with Crippen molar-refractivity contribution in [2.75, 3.05) is 31.5 Å². The number of ether oxygens (including phenoxy) is 2. The lowest BCUT2D eigenvalue weighted by atomic mass is 10.1. The van der Waals surface area contributed by atoms with Crippen molar-refractivity contribution < 1.29 is 19.1 Å². The number of para-hydroxylation sites is 1. The summed E-state index contributed by atoms with van der Waals surface area (Å²) in [6, 6.07) is 19.2. The molecule has 0 bridgehead atoms. The molecule has 2 amide bonds. The summed E-state index contributed by atoms with van der Waals surface area (Å²) in [5, 5.41) is 2.83. The predicted molar refractivity (Wildman–Crippen MR) is 121 cm³/mol. The molecule has 6 nitrogen and oxygen atoms in total. The van der Waals surface area contributed by atoms with Gasteiger partial charge in [0.1, 0.15) is 0 Å². The van der Waals surface area contributed by atoms with E-state index in [9.17, 15) is 9.59 Å². The number of hydrogen-bond acceptors (Lipinski definition) is 4. The van der Waals surface area contributed by atoms with Crippen molar-refractivity contribution in [3.8, 4) is 11.5 Å². The molecule has 0 atom stereocenters. The predicted octanol–water partition coefficient (Wildman–Crippen LogP) is 5.00. The fourth-order valence-corrected chi connectivity index (χ4v) is 3.41. The van der Waals surface area contributed by atoms with E-state index in [1.165, 1.54) is 12.0 Å². The highest BCUT2D eigenvalue weighted by molar-refractivity contribution is 9.10. The lowest BCUT2D eigenvalue weighted by molar-refractivity contribution is 0.0994. The van der Waals surface area contributed by atoms with Crippen LogP contribution in [0.1, 0.15) is 20.7 Å². The number of benzene rings is 3. The van der Waals surface area contributed by atoms with E-state index in [-0.39, 0.29) is 11.8 Å². The molecule has 0 aliphatic heterocycles. The number of hydrogen-bond donors (Lipinski definition) is 1. The zero-order valence-electron chi connectivity index (χ0n) is 16.8. The standard InChI is InChI=1S/C23H21BrN2O4/c1-26(15-12-13-20(29-2)21(14-15)30-3)23(28)17-9-5-7-11-19(17)25-22(27)16-8-4-6-10-18(16)24/h4-14H,1-3H3,(H,25,27). The molecule has 0 saturated carbocycles. The molecule has 0 fully saturated rings. The van der Waals surface area contributed by atoms with E-state index in [4.69, 9.17) is 9.47 Å². The van der Waals surface area contributed by atoms with Crippen molar-refractivity contribution in [2.45, 2.75) is 0 Å². The van der Waals surface area contributed by atoms with Gasteiger partial charge in [0.2, 0.25) is 0 Å². The van der Waals surface area contributed by atoms with Crippen LogP contribution in [0.2, 0.25) is 0 Å². The van der Waals surface area contributed by atoms with Gasteiger partial charge in [0, 0.05) is 23.3 Å². The van der Waals surface area contributed by atoms with Gasteiger partial charge >= 0.3 is 0 Å². The van der Waals surface area contributed by atoms with Crippen LogP contribution in [0.4, 0.5) is 11.4 Å². The molecule has 7 heteroatoms. The van der Waals surface area contributed by atoms with Crippen LogP contribution < -0.4 is 19.7 Å². The molecular weight excluding hydrogens is 448 g/mol. The van der Waals surface area contributed by atoms with Gasteiger partial charge in [-0.2, -0.15) is 0 Å². The third-order valence-corrected chi connectivity index (χ3v) is 5.27. The van der Waals surface area contributed by atoms with Crippen LogP contribution in [0.25, 0.3) is 0 Å². The molecule has 0 unspecified atom stereocenters. The van der Waals surface area contributed by atoms with E-state index >= 15 is 0 Å². The molecule has 0 aliphatic rings. The summed E-state index contributed by atoms with van der Waals surface area (Å²) < 4.78 is 11.3. The minimum absolute atomic E-state index is 0.273. The topological polar surface area (TPSA) is 67.9 Å². The maximum absolute atomic E-state index is 13.2. The quantitative estimate of drug-likeness (QED) is 0.552. The van der Waals surface area contributed by atoms with Gasteiger partial charge < -0.3 is 19.7 Å². The highest BCUT2D eigenvalue weighted by atomic mass is 79.9. The Hall–Kier alpha value is -3.32. The summed E-state index contributed by atoms with van der Waals surface area (Å²) in [7, 11) is 4.75. The average Bonchev–Trinajstić information content (AvgIpc) is 2.78. The van der Waals surface area contributed by atoms with Crippen molar-refractivity contribution in [1.29, 1.82) is 0 Å². The Morgan fingerprint density at radius 1 is 0.867 bits per heavy atom. The number of carbonyl (C=O) groups is 2. The number of amides is 2. The second kappa shape index (κ2) is 9.45. The minimum Gasteiger partial charge on any atom is -0.493 e. The second-order valence-corrected chi connectivity index (χ2v) is 7.24. The van der Waals surface area contributed by atoms with Crippen LogP contribution in [0.15, 0.2) is 71.2 Å². The number of anilines is 2. The van der Waals surface area contributed by atoms with Gasteiger partial charge in [-0.25, -0.2) is 0 Å². The van der Waals surface area contributed by atoms with Crippen LogP contribution in [0.5, 0.6) is 11.5 Å². The molecule has 30 heavy (non-hydrogen) atoms. The Morgan fingerprint density at radius 2 is 1.50 bits per heavy atom. The van der Waals surface area contributed by atoms with Gasteiger partial charge in [-0.05, 0) is 52.3 Å². The minimum atomic E-state index is -0.309. The monoisotopic (exact) mass is 468 g/mol. The Bertz CT molecular complexity index is 1080. The summed E-state index contributed by atoms with van der Waals surface area (Å²) >= 11 is 3.38. The number of methoxy groups -OCH3 is 2. The third kappa shape index (κ3) is 4.46. The van der Waals surface area contributed by atoms with Crippen molar-refractivity contribution in [2.24, 2.45) is 0 Å². The maximum atomic E-state index is 13.2. The number of nitrogens with zero attached hydrogens (tertiary/aromatic N) is 1. The molecule has 3 aromatic rings. The molecule has 0 aliphatic carbocycles. The molecule has 0 radical (unpaired) electrons. The smallest absolute Gasteiger partial charge is 0.260 e. The van der Waals surface area contributed by atoms with E-state index in [2.05, 4.69) is 21.2 Å². The largest absolute Gasteiger partial charge is 0.493 e. The van der Waals surface area contributed by atoms with Crippen molar-refractivity contribution in [1.82, 2.24) is 0 Å². The van der Waals surface area contributed by atoms with Gasteiger partial charge in [-0.15, -0.1) is 0 Å². The Morgan fingerprint density at radius 3 is 2.17 bits per heavy atom. The first-order valence-electron chi connectivity index (χ1n) is 9.11. The molecule has 0 saturated heterocycles. The zero-order valence-corrected chi connectivity index (χ0v) is 18.4. The van der Waals surface area contributed by atoms with Crippen molar-refractivity contribution in [3.05, 3.63) is 82.3 Å². The SMILES string of the molecule is COc1ccc(N(C)C(=O)c2ccccc2NC(=O)c2ccccc2Br)cc1OC. The molecule has 1 N–H and O–H groups in total. The first-order chi connectivity index (χ1) is 14.5. The Kier molecular flexibility index (Phi) is 6.74. The first kappa shape index (κ1) is 21.4. The number of halogens is 1. The van der Waals surface area contributed by atoms with E-state index in [0.29, 0.717) is 38.5 Å². The highest BCUT2D eigenvalue weighted by Crippen LogP contribution is 2.32. The number of rotatable bonds is 6. The molecule has 3 rings (SSSR count). The van der Waals surface area contributed by atoms with Gasteiger partial charge in [0.15, 0.2) is 11.5 Å². The fourth-order valence-electron chi connectivity index (χ4n) is 2.95. The van der Waals surface area contributed by atoms with Crippen LogP contribution in [-0.2, 0) is 0 Å². The average molecular weight is 469 g/mol. The Balaban J connectivity index is 1.89. The lowest BCUT2D eigenvalue weighted by Crippen LogP contribution is -2.27. The van der Waals surface area contributed by atoms with Crippen LogP contribution in [-0.4, -0.2) is 33.1 Å². The van der Waals surface area contributed by atoms with E-state index in [0.717, 1.165) is 0 Å². The second-order valence-electron chi connectivity index (χ2n) is 6.38. The van der Waals surface area contributed by atoms with Crippen molar-refractivity contribution in [3.63, 3.8) is 0 Å². The van der Waals surface area contributed by atoms with Crippen molar-refractivity contribution >= 4 is 39.1 Å². The number of nitrogens with one attached hydrogen (secondary N) is 1. The number of carbonyl (C=O) groups excluding carboxylic acids is 2. The maximum Gasteiger partial charge on any atom is 0.260 e. The summed E-state index contributed by atoms with van der Waals surface area (Å²) in [6.07, 6.45) is 0. The van der Waals surface area contributed by atoms with Crippen LogP contribution in [0.3, 0.4) is 0 Å². The summed E-state index contributed by atoms with van der Waals surface area (Å²) in [4.78, 5) is 27.4. The van der Waals surface area contributed by atoms with E-state index in [1.807, 2.05) is 6.07 Å².